The van der Waals surface area contributed by atoms with Crippen molar-refractivity contribution in [2.75, 3.05) is 6.54 Å². The fraction of sp³-hybridized carbons (Fsp3) is 0.389. The fourth-order valence-electron chi connectivity index (χ4n) is 3.05. The Kier molecular flexibility index (Phi) is 4.45. The summed E-state index contributed by atoms with van der Waals surface area (Å²) in [5, 5.41) is 5.49. The van der Waals surface area contributed by atoms with Crippen molar-refractivity contribution in [3.8, 4) is 0 Å². The van der Waals surface area contributed by atoms with Gasteiger partial charge in [-0.15, -0.1) is 11.6 Å². The van der Waals surface area contributed by atoms with Crippen molar-refractivity contribution < 1.29 is 4.79 Å². The average Bonchev–Trinajstić information content (AvgIpc) is 2.53. The topological polar surface area (TPSA) is 29.1 Å². The van der Waals surface area contributed by atoms with Crippen molar-refractivity contribution in [1.29, 1.82) is 0 Å². The van der Waals surface area contributed by atoms with Crippen LogP contribution in [0, 0.1) is 5.92 Å². The van der Waals surface area contributed by atoms with Gasteiger partial charge in [0.25, 0.3) is 5.91 Å². The maximum Gasteiger partial charge on any atom is 0.251 e. The number of carbonyl (C=O) groups is 1. The Hall–Kier alpha value is -1.54. The lowest BCUT2D eigenvalue weighted by atomic mass is 9.88. The summed E-state index contributed by atoms with van der Waals surface area (Å²) in [6.45, 7) is 0.680. The highest BCUT2D eigenvalue weighted by Gasteiger charge is 2.23. The first-order chi connectivity index (χ1) is 10.2. The van der Waals surface area contributed by atoms with Crippen molar-refractivity contribution in [3.05, 3.63) is 48.0 Å². The van der Waals surface area contributed by atoms with Crippen LogP contribution in [0.2, 0.25) is 0 Å². The van der Waals surface area contributed by atoms with E-state index in [9.17, 15) is 4.79 Å². The first kappa shape index (κ1) is 14.4. The lowest BCUT2D eigenvalue weighted by Crippen LogP contribution is -2.34. The van der Waals surface area contributed by atoms with Crippen LogP contribution >= 0.6 is 11.6 Å². The lowest BCUT2D eigenvalue weighted by Gasteiger charge is -2.27. The van der Waals surface area contributed by atoms with E-state index in [1.807, 2.05) is 36.4 Å². The molecule has 21 heavy (non-hydrogen) atoms. The molecule has 0 aliphatic heterocycles. The normalized spacial score (nSPS) is 22.1. The molecule has 1 aliphatic carbocycles. The minimum atomic E-state index is -0.00445. The van der Waals surface area contributed by atoms with Gasteiger partial charge >= 0.3 is 0 Å². The van der Waals surface area contributed by atoms with Crippen LogP contribution in [0.15, 0.2) is 42.5 Å². The minimum Gasteiger partial charge on any atom is -0.352 e. The van der Waals surface area contributed by atoms with Gasteiger partial charge in [0.15, 0.2) is 0 Å². The maximum atomic E-state index is 12.3. The van der Waals surface area contributed by atoms with Gasteiger partial charge in [-0.2, -0.15) is 0 Å². The summed E-state index contributed by atoms with van der Waals surface area (Å²) >= 11 is 6.34. The molecule has 0 spiro atoms. The summed E-state index contributed by atoms with van der Waals surface area (Å²) in [5.41, 5.74) is 0.718. The molecular weight excluding hydrogens is 282 g/mol. The minimum absolute atomic E-state index is 0.00445. The van der Waals surface area contributed by atoms with Crippen LogP contribution in [-0.2, 0) is 0 Å². The second-order valence-electron chi connectivity index (χ2n) is 5.83. The second kappa shape index (κ2) is 6.48. The van der Waals surface area contributed by atoms with E-state index >= 15 is 0 Å². The first-order valence-corrected chi connectivity index (χ1v) is 8.09. The van der Waals surface area contributed by atoms with Crippen molar-refractivity contribution in [2.24, 2.45) is 5.92 Å². The van der Waals surface area contributed by atoms with Crippen LogP contribution in [-0.4, -0.2) is 17.8 Å². The van der Waals surface area contributed by atoms with Crippen LogP contribution in [0.5, 0.6) is 0 Å². The summed E-state index contributed by atoms with van der Waals surface area (Å²) < 4.78 is 0. The SMILES string of the molecule is O=C(NCC1CCCCC1Cl)c1ccc2ccccc2c1. The molecule has 1 fully saturated rings. The average molecular weight is 302 g/mol. The highest BCUT2D eigenvalue weighted by Crippen LogP contribution is 2.28. The van der Waals surface area contributed by atoms with Crippen molar-refractivity contribution in [2.45, 2.75) is 31.1 Å². The molecule has 2 aromatic carbocycles. The summed E-state index contributed by atoms with van der Waals surface area (Å²) in [6, 6.07) is 13.9. The van der Waals surface area contributed by atoms with E-state index in [0.717, 1.165) is 29.2 Å². The van der Waals surface area contributed by atoms with E-state index < -0.39 is 0 Å². The molecule has 0 bridgehead atoms. The van der Waals surface area contributed by atoms with Gasteiger partial charge in [0.1, 0.15) is 0 Å². The van der Waals surface area contributed by atoms with Gasteiger partial charge in [-0.25, -0.2) is 0 Å². The van der Waals surface area contributed by atoms with E-state index in [-0.39, 0.29) is 11.3 Å². The summed E-state index contributed by atoms with van der Waals surface area (Å²) in [5.74, 6) is 0.403. The van der Waals surface area contributed by atoms with E-state index in [1.165, 1.54) is 12.8 Å². The van der Waals surface area contributed by atoms with E-state index in [4.69, 9.17) is 11.6 Å². The number of alkyl halides is 1. The largest absolute Gasteiger partial charge is 0.352 e. The van der Waals surface area contributed by atoms with Crippen LogP contribution in [0.4, 0.5) is 0 Å². The number of fused-ring (bicyclic) bond motifs is 1. The van der Waals surface area contributed by atoms with Crippen LogP contribution in [0.25, 0.3) is 10.8 Å². The maximum absolute atomic E-state index is 12.3. The Balaban J connectivity index is 1.66. The molecule has 3 rings (SSSR count). The molecular formula is C18H20ClNO. The molecule has 2 atom stereocenters. The predicted molar refractivity (Wildman–Crippen MR) is 87.9 cm³/mol. The van der Waals surface area contributed by atoms with Crippen molar-refractivity contribution in [3.63, 3.8) is 0 Å². The van der Waals surface area contributed by atoms with Gasteiger partial charge in [0.05, 0.1) is 0 Å². The van der Waals surface area contributed by atoms with Gasteiger partial charge in [-0.05, 0) is 41.7 Å². The number of benzene rings is 2. The molecule has 1 saturated carbocycles. The molecule has 2 nitrogen and oxygen atoms in total. The number of hydrogen-bond acceptors (Lipinski definition) is 1. The third kappa shape index (κ3) is 3.38. The van der Waals surface area contributed by atoms with Gasteiger partial charge in [0, 0.05) is 17.5 Å². The predicted octanol–water partition coefficient (Wildman–Crippen LogP) is 4.37. The zero-order valence-electron chi connectivity index (χ0n) is 12.0. The Morgan fingerprint density at radius 2 is 1.86 bits per heavy atom. The number of rotatable bonds is 3. The van der Waals surface area contributed by atoms with Crippen molar-refractivity contribution in [1.82, 2.24) is 5.32 Å². The standard InChI is InChI=1S/C18H20ClNO/c19-17-8-4-3-7-16(17)12-20-18(21)15-10-9-13-5-1-2-6-14(13)11-15/h1-2,5-6,9-11,16-17H,3-4,7-8,12H2,(H,20,21). The molecule has 2 unspecified atom stereocenters. The lowest BCUT2D eigenvalue weighted by molar-refractivity contribution is 0.0944. The Morgan fingerprint density at radius 3 is 2.67 bits per heavy atom. The Morgan fingerprint density at radius 1 is 1.10 bits per heavy atom. The third-order valence-corrected chi connectivity index (χ3v) is 4.93. The van der Waals surface area contributed by atoms with Crippen LogP contribution < -0.4 is 5.32 Å². The highest BCUT2D eigenvalue weighted by molar-refractivity contribution is 6.20. The molecule has 0 saturated heterocycles. The Bertz CT molecular complexity index is 640. The molecule has 1 aliphatic rings. The summed E-state index contributed by atoms with van der Waals surface area (Å²) in [7, 11) is 0. The smallest absolute Gasteiger partial charge is 0.251 e. The van der Waals surface area contributed by atoms with E-state index in [1.54, 1.807) is 0 Å². The summed E-state index contributed by atoms with van der Waals surface area (Å²) in [4.78, 5) is 12.3. The van der Waals surface area contributed by atoms with Gasteiger partial charge in [-0.3, -0.25) is 4.79 Å². The number of nitrogens with one attached hydrogen (secondary N) is 1. The monoisotopic (exact) mass is 301 g/mol. The number of amides is 1. The molecule has 1 N–H and O–H groups in total. The third-order valence-electron chi connectivity index (χ3n) is 4.35. The second-order valence-corrected chi connectivity index (χ2v) is 6.39. The number of hydrogen-bond donors (Lipinski definition) is 1. The molecule has 3 heteroatoms. The van der Waals surface area contributed by atoms with Crippen LogP contribution in [0.3, 0.4) is 0 Å². The highest BCUT2D eigenvalue weighted by atomic mass is 35.5. The molecule has 1 amide bonds. The zero-order valence-corrected chi connectivity index (χ0v) is 12.8. The number of carbonyl (C=O) groups excluding carboxylic acids is 1. The molecule has 0 radical (unpaired) electrons. The Labute approximate surface area is 130 Å². The molecule has 2 aromatic rings. The van der Waals surface area contributed by atoms with E-state index in [0.29, 0.717) is 12.5 Å². The first-order valence-electron chi connectivity index (χ1n) is 7.65. The quantitative estimate of drug-likeness (QED) is 0.838. The van der Waals surface area contributed by atoms with Gasteiger partial charge in [0.2, 0.25) is 0 Å². The molecule has 0 aromatic heterocycles. The van der Waals surface area contributed by atoms with Gasteiger partial charge < -0.3 is 5.32 Å². The number of halogens is 1. The van der Waals surface area contributed by atoms with Crippen molar-refractivity contribution >= 4 is 28.3 Å². The zero-order chi connectivity index (χ0) is 14.7. The fourth-order valence-corrected chi connectivity index (χ4v) is 3.42. The molecule has 0 heterocycles. The van der Waals surface area contributed by atoms with E-state index in [2.05, 4.69) is 11.4 Å². The molecule has 110 valence electrons. The summed E-state index contributed by atoms with van der Waals surface area (Å²) in [6.07, 6.45) is 4.62. The van der Waals surface area contributed by atoms with Crippen LogP contribution in [0.1, 0.15) is 36.0 Å². The van der Waals surface area contributed by atoms with Gasteiger partial charge in [-0.1, -0.05) is 43.2 Å².